The van der Waals surface area contributed by atoms with Crippen LogP contribution in [0, 0.1) is 11.3 Å². The van der Waals surface area contributed by atoms with E-state index in [1.54, 1.807) is 0 Å². The molecule has 0 saturated carbocycles. The maximum atomic E-state index is 11.8. The lowest BCUT2D eigenvalue weighted by Crippen LogP contribution is -2.33. The molecular formula is C13H20N4O2S2. The van der Waals surface area contributed by atoms with Gasteiger partial charge in [-0.25, -0.2) is 8.42 Å². The maximum Gasteiger partial charge on any atom is 0.180 e. The van der Waals surface area contributed by atoms with Crippen molar-refractivity contribution in [1.82, 2.24) is 4.90 Å². The van der Waals surface area contributed by atoms with Crippen LogP contribution in [0.4, 0.5) is 10.7 Å². The van der Waals surface area contributed by atoms with Gasteiger partial charge in [-0.1, -0.05) is 6.42 Å². The van der Waals surface area contributed by atoms with Gasteiger partial charge < -0.3 is 16.0 Å². The van der Waals surface area contributed by atoms with Gasteiger partial charge in [0.25, 0.3) is 0 Å². The number of sulfone groups is 1. The van der Waals surface area contributed by atoms with Crippen molar-refractivity contribution >= 4 is 31.9 Å². The molecule has 1 saturated heterocycles. The van der Waals surface area contributed by atoms with Crippen LogP contribution in [-0.4, -0.2) is 45.8 Å². The zero-order valence-electron chi connectivity index (χ0n) is 12.1. The molecule has 21 heavy (non-hydrogen) atoms. The Morgan fingerprint density at radius 1 is 1.38 bits per heavy atom. The van der Waals surface area contributed by atoms with Crippen LogP contribution in [0.5, 0.6) is 0 Å². The van der Waals surface area contributed by atoms with Crippen molar-refractivity contribution in [3.63, 3.8) is 0 Å². The minimum atomic E-state index is -3.45. The zero-order valence-corrected chi connectivity index (χ0v) is 13.7. The van der Waals surface area contributed by atoms with Crippen molar-refractivity contribution in [1.29, 1.82) is 5.26 Å². The lowest BCUT2D eigenvalue weighted by atomic mass is 10.1. The Kier molecular flexibility index (Phi) is 5.08. The second-order valence-electron chi connectivity index (χ2n) is 5.22. The van der Waals surface area contributed by atoms with Gasteiger partial charge in [0.05, 0.1) is 5.69 Å². The van der Waals surface area contributed by atoms with Crippen LogP contribution in [0.1, 0.15) is 24.1 Å². The molecule has 2 heterocycles. The van der Waals surface area contributed by atoms with Gasteiger partial charge in [0.2, 0.25) is 0 Å². The van der Waals surface area contributed by atoms with E-state index >= 15 is 0 Å². The fourth-order valence-corrected chi connectivity index (χ4v) is 4.90. The van der Waals surface area contributed by atoms with Crippen LogP contribution in [0.15, 0.2) is 4.90 Å². The molecular weight excluding hydrogens is 308 g/mol. The van der Waals surface area contributed by atoms with Gasteiger partial charge >= 0.3 is 0 Å². The Bertz CT molecular complexity index is 640. The van der Waals surface area contributed by atoms with E-state index in [1.165, 1.54) is 19.3 Å². The minimum Gasteiger partial charge on any atom is -0.396 e. The predicted octanol–water partition coefficient (Wildman–Crippen LogP) is 1.50. The number of nitrogens with zero attached hydrogens (tertiary/aromatic N) is 2. The average Bonchev–Trinajstić information content (AvgIpc) is 2.76. The fraction of sp³-hybridized carbons (Fsp3) is 0.615. The highest BCUT2D eigenvalue weighted by Gasteiger charge is 2.23. The number of piperidine rings is 1. The molecule has 1 aliphatic heterocycles. The molecule has 8 heteroatoms. The number of thiophene rings is 1. The molecule has 0 radical (unpaired) electrons. The summed E-state index contributed by atoms with van der Waals surface area (Å²) in [6.45, 7) is 3.70. The number of hydrogen-bond acceptors (Lipinski definition) is 7. The lowest BCUT2D eigenvalue weighted by Gasteiger charge is -2.26. The van der Waals surface area contributed by atoms with E-state index < -0.39 is 9.84 Å². The SMILES string of the molecule is CS(=O)(=O)c1c(NCCN2CCCCC2)sc(C#N)c1N. The Labute approximate surface area is 129 Å². The summed E-state index contributed by atoms with van der Waals surface area (Å²) >= 11 is 1.10. The Hall–Kier alpha value is -1.30. The molecule has 0 unspecified atom stereocenters. The topological polar surface area (TPSA) is 99.2 Å². The average molecular weight is 328 g/mol. The van der Waals surface area contributed by atoms with E-state index in [2.05, 4.69) is 10.2 Å². The largest absolute Gasteiger partial charge is 0.396 e. The molecule has 116 valence electrons. The van der Waals surface area contributed by atoms with Gasteiger partial charge in [0.15, 0.2) is 9.84 Å². The molecule has 0 aromatic carbocycles. The molecule has 1 aromatic heterocycles. The molecule has 2 rings (SSSR count). The van der Waals surface area contributed by atoms with Gasteiger partial charge in [0, 0.05) is 19.3 Å². The second-order valence-corrected chi connectivity index (χ2v) is 8.19. The quantitative estimate of drug-likeness (QED) is 0.850. The molecule has 6 nitrogen and oxygen atoms in total. The summed E-state index contributed by atoms with van der Waals surface area (Å²) < 4.78 is 23.7. The van der Waals surface area contributed by atoms with Crippen LogP contribution in [0.2, 0.25) is 0 Å². The number of nitrogens with one attached hydrogen (secondary N) is 1. The van der Waals surface area contributed by atoms with Crippen LogP contribution >= 0.6 is 11.3 Å². The minimum absolute atomic E-state index is 0.0581. The highest BCUT2D eigenvalue weighted by molar-refractivity contribution is 7.91. The smallest absolute Gasteiger partial charge is 0.180 e. The molecule has 1 aliphatic rings. The maximum absolute atomic E-state index is 11.8. The molecule has 0 spiro atoms. The molecule has 0 atom stereocenters. The summed E-state index contributed by atoms with van der Waals surface area (Å²) in [6.07, 6.45) is 4.84. The van der Waals surface area contributed by atoms with Crippen LogP contribution in [0.3, 0.4) is 0 Å². The predicted molar refractivity (Wildman–Crippen MR) is 85.3 cm³/mol. The Morgan fingerprint density at radius 2 is 2.05 bits per heavy atom. The molecule has 3 N–H and O–H groups in total. The molecule has 0 bridgehead atoms. The van der Waals surface area contributed by atoms with E-state index in [0.717, 1.165) is 37.2 Å². The highest BCUT2D eigenvalue weighted by Crippen LogP contribution is 2.38. The Balaban J connectivity index is 2.07. The van der Waals surface area contributed by atoms with Crippen molar-refractivity contribution in [2.45, 2.75) is 24.2 Å². The summed E-state index contributed by atoms with van der Waals surface area (Å²) in [5.41, 5.74) is 5.83. The lowest BCUT2D eigenvalue weighted by molar-refractivity contribution is 0.237. The van der Waals surface area contributed by atoms with E-state index in [1.807, 2.05) is 6.07 Å². The van der Waals surface area contributed by atoms with Crippen molar-refractivity contribution in [3.05, 3.63) is 4.88 Å². The van der Waals surface area contributed by atoms with E-state index in [9.17, 15) is 8.42 Å². The fourth-order valence-electron chi connectivity index (χ4n) is 2.51. The number of nitrogens with two attached hydrogens (primary N) is 1. The first-order valence-electron chi connectivity index (χ1n) is 6.92. The summed E-state index contributed by atoms with van der Waals surface area (Å²) in [4.78, 5) is 2.66. The second kappa shape index (κ2) is 6.64. The third-order valence-corrected chi connectivity index (χ3v) is 5.90. The molecule has 0 aliphatic carbocycles. The third kappa shape index (κ3) is 3.87. The van der Waals surface area contributed by atoms with Gasteiger partial charge in [0.1, 0.15) is 20.8 Å². The van der Waals surface area contributed by atoms with Gasteiger partial charge in [-0.05, 0) is 25.9 Å². The van der Waals surface area contributed by atoms with Gasteiger partial charge in [-0.2, -0.15) is 5.26 Å². The summed E-state index contributed by atoms with van der Waals surface area (Å²) in [6, 6.07) is 1.95. The highest BCUT2D eigenvalue weighted by atomic mass is 32.2. The number of rotatable bonds is 5. The zero-order chi connectivity index (χ0) is 15.5. The summed E-state index contributed by atoms with van der Waals surface area (Å²) in [5, 5.41) is 12.6. The van der Waals surface area contributed by atoms with Crippen molar-refractivity contribution in [3.8, 4) is 6.07 Å². The first-order valence-corrected chi connectivity index (χ1v) is 9.63. The van der Waals surface area contributed by atoms with Crippen molar-refractivity contribution < 1.29 is 8.42 Å². The number of likely N-dealkylation sites (tertiary alicyclic amines) is 1. The summed E-state index contributed by atoms with van der Waals surface area (Å²) in [7, 11) is -3.45. The van der Waals surface area contributed by atoms with Gasteiger partial charge in [-0.3, -0.25) is 0 Å². The number of anilines is 2. The van der Waals surface area contributed by atoms with Crippen LogP contribution in [0.25, 0.3) is 0 Å². The monoisotopic (exact) mass is 328 g/mol. The van der Waals surface area contributed by atoms with E-state index in [0.29, 0.717) is 11.5 Å². The molecule has 1 fully saturated rings. The molecule has 1 aromatic rings. The van der Waals surface area contributed by atoms with Gasteiger partial charge in [-0.15, -0.1) is 11.3 Å². The Morgan fingerprint density at radius 3 is 2.62 bits per heavy atom. The first-order chi connectivity index (χ1) is 9.93. The van der Waals surface area contributed by atoms with Crippen molar-refractivity contribution in [2.75, 3.05) is 43.5 Å². The van der Waals surface area contributed by atoms with Crippen LogP contribution < -0.4 is 11.1 Å². The number of nitrogen functional groups attached to an aromatic ring is 1. The van der Waals surface area contributed by atoms with E-state index in [4.69, 9.17) is 11.0 Å². The summed E-state index contributed by atoms with van der Waals surface area (Å²) in [5.74, 6) is 0. The van der Waals surface area contributed by atoms with Crippen LogP contribution in [-0.2, 0) is 9.84 Å². The molecule has 0 amide bonds. The third-order valence-electron chi connectivity index (χ3n) is 3.53. The number of nitriles is 1. The van der Waals surface area contributed by atoms with Crippen molar-refractivity contribution in [2.24, 2.45) is 0 Å². The number of hydrogen-bond donors (Lipinski definition) is 2. The van der Waals surface area contributed by atoms with E-state index in [-0.39, 0.29) is 15.5 Å². The normalized spacial score (nSPS) is 16.6. The first kappa shape index (κ1) is 16.1. The standard InChI is InChI=1S/C13H20N4O2S2/c1-21(18,19)12-11(15)10(9-14)20-13(12)16-5-8-17-6-3-2-4-7-17/h16H,2-8,15H2,1H3.